The molecular formula is C21H22N4O2. The van der Waals surface area contributed by atoms with Gasteiger partial charge in [-0.2, -0.15) is 0 Å². The van der Waals surface area contributed by atoms with Crippen LogP contribution < -0.4 is 15.4 Å². The lowest BCUT2D eigenvalue weighted by atomic mass is 10.1. The third kappa shape index (κ3) is 4.41. The third-order valence-corrected chi connectivity index (χ3v) is 4.15. The molecule has 0 aliphatic rings. The van der Waals surface area contributed by atoms with Gasteiger partial charge in [0, 0.05) is 17.4 Å². The van der Waals surface area contributed by atoms with Crippen molar-refractivity contribution in [3.63, 3.8) is 0 Å². The second-order valence-electron chi connectivity index (χ2n) is 6.26. The van der Waals surface area contributed by atoms with E-state index in [0.717, 1.165) is 28.3 Å². The average Bonchev–Trinajstić information content (AvgIpc) is 2.65. The van der Waals surface area contributed by atoms with Crippen molar-refractivity contribution in [3.05, 3.63) is 71.2 Å². The summed E-state index contributed by atoms with van der Waals surface area (Å²) in [5.74, 6) is 1.57. The molecule has 0 spiro atoms. The number of rotatable bonds is 5. The first-order valence-electron chi connectivity index (χ1n) is 8.60. The summed E-state index contributed by atoms with van der Waals surface area (Å²) in [6.07, 6.45) is 0. The molecular weight excluding hydrogens is 340 g/mol. The minimum absolute atomic E-state index is 0.268. The Balaban J connectivity index is 1.82. The fourth-order valence-corrected chi connectivity index (χ4v) is 2.76. The standard InChI is InChI=1S/C21H22N4O2/c1-13-6-5-7-14(2)20(13)25-21(26)18-12-19(23-15(3)22-18)24-16-8-10-17(27-4)11-9-16/h5-12H,1-4H3,(H,25,26)(H,22,23,24). The van der Waals surface area contributed by atoms with Gasteiger partial charge >= 0.3 is 0 Å². The number of methoxy groups -OCH3 is 1. The zero-order valence-electron chi connectivity index (χ0n) is 15.8. The molecule has 0 aliphatic heterocycles. The molecule has 2 N–H and O–H groups in total. The van der Waals surface area contributed by atoms with E-state index in [-0.39, 0.29) is 5.91 Å². The highest BCUT2D eigenvalue weighted by Gasteiger charge is 2.13. The summed E-state index contributed by atoms with van der Waals surface area (Å²) in [5.41, 5.74) is 3.97. The van der Waals surface area contributed by atoms with Crippen molar-refractivity contribution in [3.8, 4) is 5.75 Å². The van der Waals surface area contributed by atoms with Crippen LogP contribution in [-0.4, -0.2) is 23.0 Å². The van der Waals surface area contributed by atoms with E-state index in [1.54, 1.807) is 20.1 Å². The first-order chi connectivity index (χ1) is 13.0. The molecule has 0 radical (unpaired) electrons. The molecule has 6 heteroatoms. The molecule has 0 fully saturated rings. The van der Waals surface area contributed by atoms with E-state index in [9.17, 15) is 4.79 Å². The number of nitrogens with zero attached hydrogens (tertiary/aromatic N) is 2. The molecule has 0 bridgehead atoms. The summed E-state index contributed by atoms with van der Waals surface area (Å²) < 4.78 is 5.16. The van der Waals surface area contributed by atoms with E-state index >= 15 is 0 Å². The van der Waals surface area contributed by atoms with Crippen LogP contribution in [0.3, 0.4) is 0 Å². The van der Waals surface area contributed by atoms with E-state index in [4.69, 9.17) is 4.74 Å². The third-order valence-electron chi connectivity index (χ3n) is 4.15. The van der Waals surface area contributed by atoms with Crippen LogP contribution in [0.5, 0.6) is 5.75 Å². The fraction of sp³-hybridized carbons (Fsp3) is 0.190. The number of aryl methyl sites for hydroxylation is 3. The van der Waals surface area contributed by atoms with Gasteiger partial charge in [0.05, 0.1) is 7.11 Å². The number of hydrogen-bond acceptors (Lipinski definition) is 5. The Hall–Kier alpha value is -3.41. The van der Waals surface area contributed by atoms with Gasteiger partial charge in [-0.25, -0.2) is 9.97 Å². The van der Waals surface area contributed by atoms with Crippen LogP contribution in [0.15, 0.2) is 48.5 Å². The summed E-state index contributed by atoms with van der Waals surface area (Å²) in [5, 5.41) is 6.15. The zero-order valence-corrected chi connectivity index (χ0v) is 15.8. The van der Waals surface area contributed by atoms with Crippen LogP contribution in [0.4, 0.5) is 17.2 Å². The van der Waals surface area contributed by atoms with Gasteiger partial charge in [-0.05, 0) is 56.2 Å². The second kappa shape index (κ2) is 7.86. The maximum Gasteiger partial charge on any atom is 0.274 e. The number of carbonyl (C=O) groups is 1. The Bertz CT molecular complexity index is 948. The first-order valence-corrected chi connectivity index (χ1v) is 8.60. The number of para-hydroxylation sites is 1. The Labute approximate surface area is 158 Å². The molecule has 0 unspecified atom stereocenters. The number of carbonyl (C=O) groups excluding carboxylic acids is 1. The highest BCUT2D eigenvalue weighted by molar-refractivity contribution is 6.04. The molecule has 3 aromatic rings. The lowest BCUT2D eigenvalue weighted by molar-refractivity contribution is 0.102. The van der Waals surface area contributed by atoms with Gasteiger partial charge in [0.15, 0.2) is 0 Å². The number of ether oxygens (including phenoxy) is 1. The van der Waals surface area contributed by atoms with E-state index in [0.29, 0.717) is 17.3 Å². The van der Waals surface area contributed by atoms with Gasteiger partial charge in [0.2, 0.25) is 0 Å². The zero-order chi connectivity index (χ0) is 19.4. The summed E-state index contributed by atoms with van der Waals surface area (Å²) in [6.45, 7) is 5.68. The molecule has 0 atom stereocenters. The SMILES string of the molecule is COc1ccc(Nc2cc(C(=O)Nc3c(C)cccc3C)nc(C)n2)cc1. The number of aromatic nitrogens is 2. The minimum Gasteiger partial charge on any atom is -0.497 e. The maximum absolute atomic E-state index is 12.7. The van der Waals surface area contributed by atoms with Crippen LogP contribution in [-0.2, 0) is 0 Å². The lowest BCUT2D eigenvalue weighted by Gasteiger charge is -2.12. The number of hydrogen-bond donors (Lipinski definition) is 2. The van der Waals surface area contributed by atoms with Crippen molar-refractivity contribution < 1.29 is 9.53 Å². The van der Waals surface area contributed by atoms with Crippen molar-refractivity contribution in [1.29, 1.82) is 0 Å². The highest BCUT2D eigenvalue weighted by atomic mass is 16.5. The largest absolute Gasteiger partial charge is 0.497 e. The average molecular weight is 362 g/mol. The van der Waals surface area contributed by atoms with Gasteiger partial charge in [0.25, 0.3) is 5.91 Å². The molecule has 0 aliphatic carbocycles. The Morgan fingerprint density at radius 2 is 1.63 bits per heavy atom. The quantitative estimate of drug-likeness (QED) is 0.703. The van der Waals surface area contributed by atoms with Crippen LogP contribution in [0.25, 0.3) is 0 Å². The molecule has 1 aromatic heterocycles. The summed E-state index contributed by atoms with van der Waals surface area (Å²) in [4.78, 5) is 21.4. The molecule has 1 heterocycles. The molecule has 1 amide bonds. The molecule has 138 valence electrons. The topological polar surface area (TPSA) is 76.1 Å². The smallest absolute Gasteiger partial charge is 0.274 e. The van der Waals surface area contributed by atoms with Gasteiger partial charge in [-0.3, -0.25) is 4.79 Å². The molecule has 0 saturated carbocycles. The van der Waals surface area contributed by atoms with Gasteiger partial charge < -0.3 is 15.4 Å². The molecule has 27 heavy (non-hydrogen) atoms. The van der Waals surface area contributed by atoms with Gasteiger partial charge in [-0.15, -0.1) is 0 Å². The minimum atomic E-state index is -0.268. The Morgan fingerprint density at radius 1 is 0.963 bits per heavy atom. The second-order valence-corrected chi connectivity index (χ2v) is 6.26. The van der Waals surface area contributed by atoms with Crippen LogP contribution >= 0.6 is 0 Å². The summed E-state index contributed by atoms with van der Waals surface area (Å²) >= 11 is 0. The molecule has 2 aromatic carbocycles. The Kier molecular flexibility index (Phi) is 5.35. The van der Waals surface area contributed by atoms with E-state index in [1.165, 1.54) is 0 Å². The maximum atomic E-state index is 12.7. The Morgan fingerprint density at radius 3 is 2.26 bits per heavy atom. The highest BCUT2D eigenvalue weighted by Crippen LogP contribution is 2.22. The predicted molar refractivity (Wildman–Crippen MR) is 107 cm³/mol. The molecule has 6 nitrogen and oxygen atoms in total. The first kappa shape index (κ1) is 18.4. The van der Waals surface area contributed by atoms with Gasteiger partial charge in [0.1, 0.15) is 23.1 Å². The number of anilines is 3. The normalized spacial score (nSPS) is 10.4. The number of nitrogens with one attached hydrogen (secondary N) is 2. The van der Waals surface area contributed by atoms with Crippen molar-refractivity contribution in [2.45, 2.75) is 20.8 Å². The van der Waals surface area contributed by atoms with Crippen LogP contribution in [0.2, 0.25) is 0 Å². The fourth-order valence-electron chi connectivity index (χ4n) is 2.76. The number of benzene rings is 2. The van der Waals surface area contributed by atoms with Crippen molar-refractivity contribution >= 4 is 23.1 Å². The van der Waals surface area contributed by atoms with E-state index in [1.807, 2.05) is 56.3 Å². The van der Waals surface area contributed by atoms with E-state index in [2.05, 4.69) is 20.6 Å². The molecule has 3 rings (SSSR count). The predicted octanol–water partition coefficient (Wildman–Crippen LogP) is 4.41. The van der Waals surface area contributed by atoms with Crippen molar-refractivity contribution in [2.24, 2.45) is 0 Å². The monoisotopic (exact) mass is 362 g/mol. The van der Waals surface area contributed by atoms with Gasteiger partial charge in [-0.1, -0.05) is 18.2 Å². The molecule has 0 saturated heterocycles. The number of amides is 1. The summed E-state index contributed by atoms with van der Waals surface area (Å²) in [6, 6.07) is 15.0. The van der Waals surface area contributed by atoms with Crippen LogP contribution in [0, 0.1) is 20.8 Å². The van der Waals surface area contributed by atoms with Crippen molar-refractivity contribution in [2.75, 3.05) is 17.7 Å². The summed E-state index contributed by atoms with van der Waals surface area (Å²) in [7, 11) is 1.62. The van der Waals surface area contributed by atoms with Crippen LogP contribution in [0.1, 0.15) is 27.4 Å². The van der Waals surface area contributed by atoms with Crippen molar-refractivity contribution in [1.82, 2.24) is 9.97 Å². The lowest BCUT2D eigenvalue weighted by Crippen LogP contribution is -2.16. The van der Waals surface area contributed by atoms with E-state index < -0.39 is 0 Å².